The Morgan fingerprint density at radius 1 is 1.19 bits per heavy atom. The van der Waals surface area contributed by atoms with Gasteiger partial charge in [0.25, 0.3) is 5.91 Å². The number of halogens is 3. The largest absolute Gasteiger partial charge is 0.573 e. The molecule has 3 N–H and O–H groups in total. The van der Waals surface area contributed by atoms with Crippen molar-refractivity contribution in [1.82, 2.24) is 20.9 Å². The summed E-state index contributed by atoms with van der Waals surface area (Å²) in [4.78, 5) is 49.7. The van der Waals surface area contributed by atoms with E-state index in [0.717, 1.165) is 37.8 Å². The van der Waals surface area contributed by atoms with Gasteiger partial charge in [-0.3, -0.25) is 19.8 Å². The fourth-order valence-electron chi connectivity index (χ4n) is 3.63. The average Bonchev–Trinajstić information content (AvgIpc) is 3.23. The lowest BCUT2D eigenvalue weighted by Crippen LogP contribution is -2.48. The summed E-state index contributed by atoms with van der Waals surface area (Å²) in [5.74, 6) is -2.12. The molecule has 1 aromatic carbocycles. The second-order valence-electron chi connectivity index (χ2n) is 7.52. The second-order valence-corrected chi connectivity index (χ2v) is 7.52. The quantitative estimate of drug-likeness (QED) is 0.604. The normalized spacial score (nSPS) is 21.7. The van der Waals surface area contributed by atoms with Gasteiger partial charge in [-0.15, -0.1) is 13.2 Å². The Hall–Kier alpha value is -3.31. The number of rotatable bonds is 5. The Balaban J connectivity index is 1.62. The van der Waals surface area contributed by atoms with Gasteiger partial charge < -0.3 is 15.4 Å². The molecule has 1 saturated heterocycles. The molecule has 1 saturated carbocycles. The molecule has 0 aromatic heterocycles. The van der Waals surface area contributed by atoms with Gasteiger partial charge in [0.05, 0.1) is 0 Å². The average molecular weight is 442 g/mol. The number of nitrogens with zero attached hydrogens (tertiary/aromatic N) is 1. The van der Waals surface area contributed by atoms with Crippen molar-refractivity contribution in [2.45, 2.75) is 50.6 Å². The summed E-state index contributed by atoms with van der Waals surface area (Å²) in [7, 11) is 0. The number of benzene rings is 1. The molecule has 0 spiro atoms. The molecule has 3 rings (SSSR count). The highest BCUT2D eigenvalue weighted by Crippen LogP contribution is 2.31. The summed E-state index contributed by atoms with van der Waals surface area (Å²) in [5, 5.41) is 7.16. The highest BCUT2D eigenvalue weighted by Gasteiger charge is 2.49. The lowest BCUT2D eigenvalue weighted by Gasteiger charge is -2.22. The van der Waals surface area contributed by atoms with Crippen LogP contribution < -0.4 is 20.7 Å². The van der Waals surface area contributed by atoms with Gasteiger partial charge in [0.15, 0.2) is 0 Å². The van der Waals surface area contributed by atoms with Gasteiger partial charge in [-0.1, -0.05) is 25.0 Å². The van der Waals surface area contributed by atoms with Gasteiger partial charge in [0.1, 0.15) is 17.8 Å². The van der Waals surface area contributed by atoms with E-state index in [2.05, 4.69) is 20.7 Å². The van der Waals surface area contributed by atoms with Crippen molar-refractivity contribution in [1.29, 1.82) is 0 Å². The maximum absolute atomic E-state index is 12.8. The van der Waals surface area contributed by atoms with Gasteiger partial charge in [0.2, 0.25) is 5.91 Å². The summed E-state index contributed by atoms with van der Waals surface area (Å²) in [6, 6.07) is 2.85. The third kappa shape index (κ3) is 5.25. The molecule has 0 bridgehead atoms. The first-order chi connectivity index (χ1) is 14.5. The first kappa shape index (κ1) is 22.4. The van der Waals surface area contributed by atoms with Crippen LogP contribution in [0.5, 0.6) is 5.75 Å². The van der Waals surface area contributed by atoms with E-state index in [1.165, 1.54) is 19.1 Å². The zero-order valence-corrected chi connectivity index (χ0v) is 16.5. The topological polar surface area (TPSA) is 117 Å². The van der Waals surface area contributed by atoms with E-state index < -0.39 is 48.1 Å². The second kappa shape index (κ2) is 8.44. The summed E-state index contributed by atoms with van der Waals surface area (Å²) < 4.78 is 40.7. The maximum atomic E-state index is 12.8. The Morgan fingerprint density at radius 2 is 1.81 bits per heavy atom. The third-order valence-electron chi connectivity index (χ3n) is 5.19. The van der Waals surface area contributed by atoms with Crippen molar-refractivity contribution >= 4 is 23.9 Å². The number of hydrogen-bond acceptors (Lipinski definition) is 5. The van der Waals surface area contributed by atoms with Gasteiger partial charge in [0, 0.05) is 6.04 Å². The van der Waals surface area contributed by atoms with E-state index in [1.807, 2.05) is 0 Å². The lowest BCUT2D eigenvalue weighted by atomic mass is 9.92. The fourth-order valence-corrected chi connectivity index (χ4v) is 3.63. The molecule has 2 aliphatic rings. The number of hydrogen-bond donors (Lipinski definition) is 3. The molecule has 12 heteroatoms. The SMILES string of the molecule is CC1(c2ccc(OC(F)(F)F)cc2)NC(=O)N(CC(=O)NC(=O)NC2CCCC2)C1=O. The van der Waals surface area contributed by atoms with Crippen LogP contribution in [0.1, 0.15) is 38.2 Å². The van der Waals surface area contributed by atoms with Gasteiger partial charge in [-0.05, 0) is 37.5 Å². The highest BCUT2D eigenvalue weighted by atomic mass is 19.4. The van der Waals surface area contributed by atoms with Crippen molar-refractivity contribution in [3.05, 3.63) is 29.8 Å². The number of carbonyl (C=O) groups excluding carboxylic acids is 4. The predicted octanol–water partition coefficient (Wildman–Crippen LogP) is 2.12. The molecule has 1 unspecified atom stereocenters. The first-order valence-corrected chi connectivity index (χ1v) is 9.59. The molecular formula is C19H21F3N4O5. The zero-order chi connectivity index (χ0) is 22.8. The molecule has 9 nitrogen and oxygen atoms in total. The van der Waals surface area contributed by atoms with Crippen molar-refractivity contribution < 1.29 is 37.1 Å². The van der Waals surface area contributed by atoms with Crippen LogP contribution in [0.4, 0.5) is 22.8 Å². The molecule has 2 fully saturated rings. The molecule has 168 valence electrons. The molecule has 0 radical (unpaired) electrons. The van der Waals surface area contributed by atoms with E-state index in [0.29, 0.717) is 4.90 Å². The Kier molecular flexibility index (Phi) is 6.09. The van der Waals surface area contributed by atoms with Crippen LogP contribution in [0.25, 0.3) is 0 Å². The highest BCUT2D eigenvalue weighted by molar-refractivity contribution is 6.10. The van der Waals surface area contributed by atoms with Crippen LogP contribution in [0.2, 0.25) is 0 Å². The smallest absolute Gasteiger partial charge is 0.406 e. The van der Waals surface area contributed by atoms with E-state index in [-0.39, 0.29) is 11.6 Å². The monoisotopic (exact) mass is 442 g/mol. The van der Waals surface area contributed by atoms with Gasteiger partial charge in [-0.25, -0.2) is 9.59 Å². The van der Waals surface area contributed by atoms with Crippen LogP contribution in [0.3, 0.4) is 0 Å². The minimum Gasteiger partial charge on any atom is -0.406 e. The summed E-state index contributed by atoms with van der Waals surface area (Å²) >= 11 is 0. The number of nitrogens with one attached hydrogen (secondary N) is 3. The maximum Gasteiger partial charge on any atom is 0.573 e. The predicted molar refractivity (Wildman–Crippen MR) is 99.7 cm³/mol. The molecular weight excluding hydrogens is 421 g/mol. The summed E-state index contributed by atoms with van der Waals surface area (Å²) in [6.07, 6.45) is -1.25. The number of ether oxygens (including phenoxy) is 1. The zero-order valence-electron chi connectivity index (χ0n) is 16.5. The van der Waals surface area contributed by atoms with Crippen molar-refractivity contribution in [2.24, 2.45) is 0 Å². The van der Waals surface area contributed by atoms with Crippen LogP contribution in [-0.4, -0.2) is 47.7 Å². The molecule has 1 aliphatic heterocycles. The first-order valence-electron chi connectivity index (χ1n) is 9.59. The molecule has 1 atom stereocenters. The van der Waals surface area contributed by atoms with E-state index >= 15 is 0 Å². The number of urea groups is 2. The number of amides is 6. The van der Waals surface area contributed by atoms with E-state index in [4.69, 9.17) is 0 Å². The molecule has 1 heterocycles. The lowest BCUT2D eigenvalue weighted by molar-refractivity contribution is -0.274. The van der Waals surface area contributed by atoms with Crippen LogP contribution in [0.15, 0.2) is 24.3 Å². The Morgan fingerprint density at radius 3 is 2.39 bits per heavy atom. The minimum absolute atomic E-state index is 0.0166. The van der Waals surface area contributed by atoms with Crippen LogP contribution in [0, 0.1) is 0 Å². The molecule has 1 aromatic rings. The summed E-state index contributed by atoms with van der Waals surface area (Å²) in [6.45, 7) is 0.672. The van der Waals surface area contributed by atoms with E-state index in [1.54, 1.807) is 0 Å². The molecule has 31 heavy (non-hydrogen) atoms. The Labute approximate surface area is 175 Å². The van der Waals surface area contributed by atoms with Crippen molar-refractivity contribution in [3.8, 4) is 5.75 Å². The number of alkyl halides is 3. The summed E-state index contributed by atoms with van der Waals surface area (Å²) in [5.41, 5.74) is -1.40. The Bertz CT molecular complexity index is 884. The minimum atomic E-state index is -4.86. The van der Waals surface area contributed by atoms with Crippen LogP contribution in [-0.2, 0) is 15.1 Å². The molecule has 1 aliphatic carbocycles. The van der Waals surface area contributed by atoms with Crippen molar-refractivity contribution in [2.75, 3.05) is 6.54 Å². The van der Waals surface area contributed by atoms with Crippen molar-refractivity contribution in [3.63, 3.8) is 0 Å². The number of carbonyl (C=O) groups is 4. The van der Waals surface area contributed by atoms with Gasteiger partial charge >= 0.3 is 18.4 Å². The van der Waals surface area contributed by atoms with E-state index in [9.17, 15) is 32.3 Å². The molecule has 6 amide bonds. The fraction of sp³-hybridized carbons (Fsp3) is 0.474. The standard InChI is InChI=1S/C19H21F3N4O5/c1-18(11-6-8-13(9-7-11)31-19(20,21)22)15(28)26(17(30)25-18)10-14(27)24-16(29)23-12-4-2-3-5-12/h6-9,12H,2-5,10H2,1H3,(H,25,30)(H2,23,24,27,29). The third-order valence-corrected chi connectivity index (χ3v) is 5.19. The van der Waals surface area contributed by atoms with Gasteiger partial charge in [-0.2, -0.15) is 0 Å². The number of imide groups is 2. The van der Waals surface area contributed by atoms with Crippen LogP contribution >= 0.6 is 0 Å².